The average molecular weight is 937 g/mol. The number of quaternary nitrogens is 1. The molecule has 0 aliphatic rings. The van der Waals surface area contributed by atoms with E-state index in [1.54, 1.807) is 0 Å². The molecule has 0 saturated heterocycles. The molecule has 382 valence electrons. The van der Waals surface area contributed by atoms with Crippen molar-refractivity contribution < 1.29 is 42.9 Å². The topological polar surface area (TPSA) is 108 Å². The third kappa shape index (κ3) is 49.9. The summed E-state index contributed by atoms with van der Waals surface area (Å²) in [5.74, 6) is -2.04. The second-order valence-corrected chi connectivity index (χ2v) is 18.4. The largest absolute Gasteiger partial charge is 0.477 e. The molecule has 1 N–H and O–H groups in total. The van der Waals surface area contributed by atoms with Crippen LogP contribution >= 0.6 is 0 Å². The van der Waals surface area contributed by atoms with Gasteiger partial charge >= 0.3 is 17.9 Å². The van der Waals surface area contributed by atoms with E-state index in [9.17, 15) is 19.5 Å². The zero-order valence-corrected chi connectivity index (χ0v) is 43.3. The van der Waals surface area contributed by atoms with Crippen LogP contribution in [0.1, 0.15) is 194 Å². The first-order chi connectivity index (χ1) is 32.6. The molecule has 2 unspecified atom stereocenters. The molecule has 0 aromatic rings. The third-order valence-electron chi connectivity index (χ3n) is 10.8. The smallest absolute Gasteiger partial charge is 0.361 e. The number of hydrogen-bond acceptors (Lipinski definition) is 7. The summed E-state index contributed by atoms with van der Waals surface area (Å²) >= 11 is 0. The fourth-order valence-corrected chi connectivity index (χ4v) is 6.82. The summed E-state index contributed by atoms with van der Waals surface area (Å²) in [7, 11) is 5.95. The number of nitrogens with zero attached hydrogens (tertiary/aromatic N) is 1. The summed E-state index contributed by atoms with van der Waals surface area (Å²) < 4.78 is 22.8. The monoisotopic (exact) mass is 937 g/mol. The van der Waals surface area contributed by atoms with Crippen molar-refractivity contribution in [2.75, 3.05) is 47.5 Å². The molecular formula is C58H98NO8+. The molecule has 0 amide bonds. The van der Waals surface area contributed by atoms with E-state index < -0.39 is 24.3 Å². The van der Waals surface area contributed by atoms with Gasteiger partial charge in [0, 0.05) is 12.8 Å². The number of hydrogen-bond donors (Lipinski definition) is 1. The van der Waals surface area contributed by atoms with Gasteiger partial charge in [0.2, 0.25) is 0 Å². The zero-order valence-electron chi connectivity index (χ0n) is 43.3. The van der Waals surface area contributed by atoms with Gasteiger partial charge in [-0.3, -0.25) is 9.59 Å². The van der Waals surface area contributed by atoms with Gasteiger partial charge in [-0.15, -0.1) is 0 Å². The summed E-state index contributed by atoms with van der Waals surface area (Å²) in [6, 6.07) is 0. The Kier molecular flexibility index (Phi) is 45.9. The minimum atomic E-state index is -1.52. The molecule has 0 aromatic heterocycles. The highest BCUT2D eigenvalue weighted by Crippen LogP contribution is 2.14. The number of likely N-dealkylation sites (N-methyl/N-ethyl adjacent to an activating group) is 1. The van der Waals surface area contributed by atoms with Crippen LogP contribution < -0.4 is 0 Å². The van der Waals surface area contributed by atoms with Crippen LogP contribution in [-0.2, 0) is 33.3 Å². The highest BCUT2D eigenvalue weighted by Gasteiger charge is 2.25. The predicted molar refractivity (Wildman–Crippen MR) is 281 cm³/mol. The molecule has 9 nitrogen and oxygen atoms in total. The van der Waals surface area contributed by atoms with Crippen LogP contribution in [0.2, 0.25) is 0 Å². The van der Waals surface area contributed by atoms with Gasteiger partial charge in [0.05, 0.1) is 34.4 Å². The van der Waals surface area contributed by atoms with E-state index in [0.717, 1.165) is 109 Å². The van der Waals surface area contributed by atoms with E-state index >= 15 is 0 Å². The van der Waals surface area contributed by atoms with Crippen LogP contribution in [0.5, 0.6) is 0 Å². The fraction of sp³-hybridized carbons (Fsp3) is 0.672. The van der Waals surface area contributed by atoms with Gasteiger partial charge in [0.25, 0.3) is 6.29 Å². The SMILES string of the molecule is CC/C=C\C/C=C\C/C=C\C/C=C\C/C=C\CCCCCCCCCCCC(=O)OC(COC(=O)CCCCCCCCC/C=C\C/C=C\C/C=C\CC)COC(OCC[N+](C)(C)C)C(=O)O. The molecule has 67 heavy (non-hydrogen) atoms. The Morgan fingerprint density at radius 1 is 0.448 bits per heavy atom. The minimum absolute atomic E-state index is 0.179. The highest BCUT2D eigenvalue weighted by molar-refractivity contribution is 5.71. The van der Waals surface area contributed by atoms with Crippen molar-refractivity contribution in [2.45, 2.75) is 206 Å². The quantitative estimate of drug-likeness (QED) is 0.0211. The summed E-state index contributed by atoms with van der Waals surface area (Å²) in [5.41, 5.74) is 0. The molecule has 0 aliphatic heterocycles. The average Bonchev–Trinajstić information content (AvgIpc) is 3.29. The van der Waals surface area contributed by atoms with Crippen LogP contribution in [0.3, 0.4) is 0 Å². The number of carbonyl (C=O) groups excluding carboxylic acids is 2. The molecule has 0 aromatic carbocycles. The van der Waals surface area contributed by atoms with Gasteiger partial charge in [-0.25, -0.2) is 4.79 Å². The molecule has 0 bridgehead atoms. The Hall–Kier alpha value is -3.79. The van der Waals surface area contributed by atoms with Crippen molar-refractivity contribution in [1.29, 1.82) is 0 Å². The van der Waals surface area contributed by atoms with Crippen molar-refractivity contribution >= 4 is 17.9 Å². The van der Waals surface area contributed by atoms with Crippen molar-refractivity contribution in [2.24, 2.45) is 0 Å². The van der Waals surface area contributed by atoms with E-state index in [1.165, 1.54) is 51.4 Å². The van der Waals surface area contributed by atoms with E-state index in [0.29, 0.717) is 17.4 Å². The number of esters is 2. The second kappa shape index (κ2) is 48.7. The Morgan fingerprint density at radius 2 is 0.806 bits per heavy atom. The fourth-order valence-electron chi connectivity index (χ4n) is 6.82. The van der Waals surface area contributed by atoms with Gasteiger partial charge < -0.3 is 28.5 Å². The Labute approximate surface area is 410 Å². The van der Waals surface area contributed by atoms with Crippen molar-refractivity contribution in [3.05, 3.63) is 97.2 Å². The maximum absolute atomic E-state index is 12.8. The maximum atomic E-state index is 12.8. The van der Waals surface area contributed by atoms with Crippen LogP contribution in [0.15, 0.2) is 97.2 Å². The first kappa shape index (κ1) is 63.2. The number of carboxylic acids is 1. The van der Waals surface area contributed by atoms with Gasteiger partial charge in [-0.2, -0.15) is 0 Å². The van der Waals surface area contributed by atoms with E-state index in [2.05, 4.69) is 111 Å². The highest BCUT2D eigenvalue weighted by atomic mass is 16.7. The minimum Gasteiger partial charge on any atom is -0.477 e. The van der Waals surface area contributed by atoms with Crippen LogP contribution in [-0.4, -0.2) is 87.4 Å². The summed E-state index contributed by atoms with van der Waals surface area (Å²) in [5, 5.41) is 9.68. The summed E-state index contributed by atoms with van der Waals surface area (Å²) in [4.78, 5) is 37.3. The molecule has 0 heterocycles. The Morgan fingerprint density at radius 3 is 1.19 bits per heavy atom. The van der Waals surface area contributed by atoms with E-state index in [4.69, 9.17) is 18.9 Å². The Bertz CT molecular complexity index is 1420. The van der Waals surface area contributed by atoms with Crippen LogP contribution in [0.4, 0.5) is 0 Å². The molecule has 0 radical (unpaired) electrons. The maximum Gasteiger partial charge on any atom is 0.361 e. The molecule has 0 rings (SSSR count). The molecule has 0 spiro atoms. The summed E-state index contributed by atoms with van der Waals surface area (Å²) in [6.45, 7) is 4.62. The number of rotatable bonds is 47. The van der Waals surface area contributed by atoms with E-state index in [1.807, 2.05) is 21.1 Å². The molecule has 0 aliphatic carbocycles. The van der Waals surface area contributed by atoms with Crippen molar-refractivity contribution in [3.8, 4) is 0 Å². The molecule has 9 heteroatoms. The molecular weight excluding hydrogens is 839 g/mol. The van der Waals surface area contributed by atoms with Gasteiger partial charge in [-0.1, -0.05) is 188 Å². The number of carboxylic acid groups (broad SMARTS) is 1. The second-order valence-electron chi connectivity index (χ2n) is 18.4. The van der Waals surface area contributed by atoms with E-state index in [-0.39, 0.29) is 38.6 Å². The Balaban J connectivity index is 4.34. The van der Waals surface area contributed by atoms with Gasteiger partial charge in [0.1, 0.15) is 13.2 Å². The molecule has 0 fully saturated rings. The zero-order chi connectivity index (χ0) is 49.2. The van der Waals surface area contributed by atoms with Gasteiger partial charge in [0.15, 0.2) is 6.10 Å². The lowest BCUT2D eigenvalue weighted by molar-refractivity contribution is -0.870. The lowest BCUT2D eigenvalue weighted by Gasteiger charge is -2.25. The normalized spacial score (nSPS) is 13.6. The number of aliphatic carboxylic acids is 1. The lowest BCUT2D eigenvalue weighted by Crippen LogP contribution is -2.40. The summed E-state index contributed by atoms with van der Waals surface area (Å²) in [6.07, 6.45) is 61.8. The first-order valence-electron chi connectivity index (χ1n) is 26.4. The number of ether oxygens (including phenoxy) is 4. The molecule has 0 saturated carbocycles. The van der Waals surface area contributed by atoms with Crippen molar-refractivity contribution in [1.82, 2.24) is 0 Å². The predicted octanol–water partition coefficient (Wildman–Crippen LogP) is 15.0. The number of unbranched alkanes of at least 4 members (excludes halogenated alkanes) is 16. The first-order valence-corrected chi connectivity index (χ1v) is 26.4. The van der Waals surface area contributed by atoms with Crippen molar-refractivity contribution in [3.63, 3.8) is 0 Å². The van der Waals surface area contributed by atoms with Crippen LogP contribution in [0, 0.1) is 0 Å². The third-order valence-corrected chi connectivity index (χ3v) is 10.8. The number of carbonyl (C=O) groups is 3. The lowest BCUT2D eigenvalue weighted by atomic mass is 10.1. The van der Waals surface area contributed by atoms with Gasteiger partial charge in [-0.05, 0) is 89.9 Å². The van der Waals surface area contributed by atoms with Crippen LogP contribution in [0.25, 0.3) is 0 Å². The standard InChI is InChI=1S/C58H97NO8/c1-6-8-10-12-14-16-18-20-22-24-25-26-27-28-29-30-31-33-35-37-39-41-43-45-47-49-56(61)67-54(53-66-58(57(62)63)64-51-50-59(3,4)5)52-65-55(60)48-46-44-42-40-38-36-34-32-23-21-19-17-15-13-11-9-7-2/h8-11,14-17,20-23,25-26,28-29,54,58H,6-7,12-13,18-19,24,27,30-53H2,1-5H3/p+1/b10-8-,11-9-,16-14-,17-15-,22-20-,23-21-,26-25-,29-28-. The number of allylic oxidation sites excluding steroid dienone is 16. The molecule has 2 atom stereocenters.